The summed E-state index contributed by atoms with van der Waals surface area (Å²) in [6, 6.07) is 13.6. The lowest BCUT2D eigenvalue weighted by Crippen LogP contribution is -2.32. The minimum absolute atomic E-state index is 0.0726. The Balaban J connectivity index is 1.70. The predicted octanol–water partition coefficient (Wildman–Crippen LogP) is 2.90. The maximum Gasteiger partial charge on any atom is 0.241 e. The van der Waals surface area contributed by atoms with Gasteiger partial charge in [-0.15, -0.1) is 0 Å². The summed E-state index contributed by atoms with van der Waals surface area (Å²) >= 11 is 0. The van der Waals surface area contributed by atoms with Gasteiger partial charge in [0.2, 0.25) is 15.9 Å². The van der Waals surface area contributed by atoms with Crippen LogP contribution in [0.3, 0.4) is 0 Å². The van der Waals surface area contributed by atoms with Crippen molar-refractivity contribution >= 4 is 21.6 Å². The Morgan fingerprint density at radius 1 is 0.929 bits per heavy atom. The zero-order valence-corrected chi connectivity index (χ0v) is 17.5. The van der Waals surface area contributed by atoms with Gasteiger partial charge in [-0.3, -0.25) is 4.79 Å². The Labute approximate surface area is 167 Å². The monoisotopic (exact) mass is 403 g/mol. The number of benzene rings is 2. The molecule has 0 aromatic heterocycles. The van der Waals surface area contributed by atoms with Gasteiger partial charge < -0.3 is 10.6 Å². The van der Waals surface area contributed by atoms with Gasteiger partial charge in [-0.1, -0.05) is 35.9 Å². The van der Waals surface area contributed by atoms with Crippen molar-refractivity contribution in [3.05, 3.63) is 59.2 Å². The highest BCUT2D eigenvalue weighted by molar-refractivity contribution is 7.89. The minimum atomic E-state index is -3.63. The van der Waals surface area contributed by atoms with Crippen molar-refractivity contribution < 1.29 is 13.2 Å². The lowest BCUT2D eigenvalue weighted by atomic mass is 10.1. The van der Waals surface area contributed by atoms with E-state index in [2.05, 4.69) is 15.4 Å². The molecule has 2 aromatic carbocycles. The normalized spacial score (nSPS) is 11.2. The highest BCUT2D eigenvalue weighted by atomic mass is 32.2. The highest BCUT2D eigenvalue weighted by Gasteiger charge is 2.19. The Bertz CT molecular complexity index is 873. The number of nitrogens with one attached hydrogen (secondary N) is 3. The molecule has 0 radical (unpaired) electrons. The molecule has 2 rings (SSSR count). The molecule has 28 heavy (non-hydrogen) atoms. The smallest absolute Gasteiger partial charge is 0.241 e. The third-order valence-electron chi connectivity index (χ3n) is 4.30. The third-order valence-corrected chi connectivity index (χ3v) is 6.06. The van der Waals surface area contributed by atoms with Crippen LogP contribution in [0.25, 0.3) is 0 Å². The van der Waals surface area contributed by atoms with E-state index in [1.807, 2.05) is 49.4 Å². The van der Waals surface area contributed by atoms with Crippen LogP contribution in [0.15, 0.2) is 47.4 Å². The topological polar surface area (TPSA) is 87.3 Å². The number of hydrogen-bond donors (Lipinski definition) is 3. The van der Waals surface area contributed by atoms with Crippen molar-refractivity contribution in [2.24, 2.45) is 0 Å². The average molecular weight is 404 g/mol. The molecule has 0 aliphatic carbocycles. The number of sulfonamides is 1. The predicted molar refractivity (Wildman–Crippen MR) is 113 cm³/mol. The van der Waals surface area contributed by atoms with Gasteiger partial charge in [-0.25, -0.2) is 13.1 Å². The first-order valence-corrected chi connectivity index (χ1v) is 10.9. The summed E-state index contributed by atoms with van der Waals surface area (Å²) in [5.41, 5.74) is 3.49. The maximum atomic E-state index is 12.5. The molecule has 7 heteroatoms. The lowest BCUT2D eigenvalue weighted by molar-refractivity contribution is -0.120. The van der Waals surface area contributed by atoms with Crippen molar-refractivity contribution in [1.29, 1.82) is 0 Å². The van der Waals surface area contributed by atoms with Crippen LogP contribution in [-0.4, -0.2) is 34.0 Å². The Morgan fingerprint density at radius 3 is 2.21 bits per heavy atom. The van der Waals surface area contributed by atoms with Crippen molar-refractivity contribution in [2.45, 2.75) is 38.5 Å². The molecule has 0 heterocycles. The first-order valence-electron chi connectivity index (χ1n) is 9.43. The number of para-hydroxylation sites is 1. The van der Waals surface area contributed by atoms with Crippen LogP contribution in [0, 0.1) is 20.8 Å². The third kappa shape index (κ3) is 6.65. The van der Waals surface area contributed by atoms with Crippen LogP contribution >= 0.6 is 0 Å². The summed E-state index contributed by atoms with van der Waals surface area (Å²) in [6.07, 6.45) is 0.892. The van der Waals surface area contributed by atoms with Crippen LogP contribution in [0.4, 0.5) is 5.69 Å². The van der Waals surface area contributed by atoms with Crippen LogP contribution < -0.4 is 15.4 Å². The number of carbonyl (C=O) groups excluding carboxylic acids is 1. The molecule has 0 atom stereocenters. The molecule has 2 aromatic rings. The fraction of sp³-hybridized carbons (Fsp3) is 0.381. The summed E-state index contributed by atoms with van der Waals surface area (Å²) in [5.74, 6) is -0.167. The van der Waals surface area contributed by atoms with Crippen LogP contribution in [0.2, 0.25) is 0 Å². The van der Waals surface area contributed by atoms with E-state index in [4.69, 9.17) is 0 Å². The molecule has 0 fully saturated rings. The van der Waals surface area contributed by atoms with Crippen LogP contribution in [0.5, 0.6) is 0 Å². The van der Waals surface area contributed by atoms with E-state index in [0.717, 1.165) is 24.2 Å². The second kappa shape index (κ2) is 10.2. The van der Waals surface area contributed by atoms with E-state index in [1.54, 1.807) is 13.8 Å². The molecule has 0 saturated carbocycles. The van der Waals surface area contributed by atoms with Crippen LogP contribution in [0.1, 0.15) is 29.5 Å². The molecule has 6 nitrogen and oxygen atoms in total. The standard InChI is InChI=1S/C21H29N3O3S/c1-16-14-17(2)21(18(3)15-16)28(26,27)24-13-10-20(25)23-12-7-11-22-19-8-5-4-6-9-19/h4-6,8-9,14-15,22,24H,7,10-13H2,1-3H3,(H,23,25). The van der Waals surface area contributed by atoms with Crippen molar-refractivity contribution in [1.82, 2.24) is 10.0 Å². The summed E-state index contributed by atoms with van der Waals surface area (Å²) in [5, 5.41) is 6.08. The van der Waals surface area contributed by atoms with Gasteiger partial charge in [0, 0.05) is 31.7 Å². The summed E-state index contributed by atoms with van der Waals surface area (Å²) in [4.78, 5) is 12.2. The summed E-state index contributed by atoms with van der Waals surface area (Å²) in [7, 11) is -3.63. The van der Waals surface area contributed by atoms with E-state index < -0.39 is 10.0 Å². The fourth-order valence-corrected chi connectivity index (χ4v) is 4.64. The number of carbonyl (C=O) groups is 1. The molecule has 0 aliphatic rings. The van der Waals surface area contributed by atoms with Gasteiger partial charge in [0.1, 0.15) is 0 Å². The maximum absolute atomic E-state index is 12.5. The highest BCUT2D eigenvalue weighted by Crippen LogP contribution is 2.21. The Kier molecular flexibility index (Phi) is 8.02. The largest absolute Gasteiger partial charge is 0.385 e. The molecular weight excluding hydrogens is 374 g/mol. The molecule has 152 valence electrons. The molecule has 3 N–H and O–H groups in total. The number of amides is 1. The van der Waals surface area contributed by atoms with Gasteiger partial charge in [-0.05, 0) is 50.5 Å². The van der Waals surface area contributed by atoms with Gasteiger partial charge >= 0.3 is 0 Å². The second-order valence-electron chi connectivity index (χ2n) is 6.87. The number of anilines is 1. The SMILES string of the molecule is Cc1cc(C)c(S(=O)(=O)NCCC(=O)NCCCNc2ccccc2)c(C)c1. The van der Waals surface area contributed by atoms with E-state index in [0.29, 0.717) is 22.6 Å². The zero-order valence-electron chi connectivity index (χ0n) is 16.7. The number of aryl methyl sites for hydroxylation is 3. The molecule has 0 bridgehead atoms. The first kappa shape index (κ1) is 21.9. The molecule has 0 aliphatic heterocycles. The van der Waals surface area contributed by atoms with Crippen molar-refractivity contribution in [3.63, 3.8) is 0 Å². The molecule has 0 unspecified atom stereocenters. The quantitative estimate of drug-likeness (QED) is 0.532. The van der Waals surface area contributed by atoms with Crippen molar-refractivity contribution in [3.8, 4) is 0 Å². The van der Waals surface area contributed by atoms with Gasteiger partial charge in [0.05, 0.1) is 4.90 Å². The average Bonchev–Trinajstić information content (AvgIpc) is 2.61. The molecule has 0 spiro atoms. The lowest BCUT2D eigenvalue weighted by Gasteiger charge is -2.13. The fourth-order valence-electron chi connectivity index (χ4n) is 3.16. The van der Waals surface area contributed by atoms with Crippen molar-refractivity contribution in [2.75, 3.05) is 25.0 Å². The van der Waals surface area contributed by atoms with Crippen LogP contribution in [-0.2, 0) is 14.8 Å². The minimum Gasteiger partial charge on any atom is -0.385 e. The van der Waals surface area contributed by atoms with Gasteiger partial charge in [-0.2, -0.15) is 0 Å². The van der Waals surface area contributed by atoms with Gasteiger partial charge in [0.15, 0.2) is 0 Å². The van der Waals surface area contributed by atoms with E-state index in [-0.39, 0.29) is 18.9 Å². The van der Waals surface area contributed by atoms with E-state index >= 15 is 0 Å². The van der Waals surface area contributed by atoms with Gasteiger partial charge in [0.25, 0.3) is 0 Å². The van der Waals surface area contributed by atoms with E-state index in [9.17, 15) is 13.2 Å². The Hall–Kier alpha value is -2.38. The number of rotatable bonds is 10. The molecular formula is C21H29N3O3S. The summed E-state index contributed by atoms with van der Waals surface area (Å²) < 4.78 is 27.6. The molecule has 1 amide bonds. The Morgan fingerprint density at radius 2 is 1.57 bits per heavy atom. The molecule has 0 saturated heterocycles. The second-order valence-corrected chi connectivity index (χ2v) is 8.58. The zero-order chi connectivity index (χ0) is 20.6. The number of hydrogen-bond acceptors (Lipinski definition) is 4. The summed E-state index contributed by atoms with van der Waals surface area (Å²) in [6.45, 7) is 6.87. The van der Waals surface area contributed by atoms with E-state index in [1.165, 1.54) is 0 Å². The first-order chi connectivity index (χ1) is 13.3.